The molecule has 0 bridgehead atoms. The van der Waals surface area contributed by atoms with Gasteiger partial charge in [0.15, 0.2) is 5.82 Å². The number of nitrogens with one attached hydrogen (secondary N) is 1. The number of carbonyl (C=O) groups excluding carboxylic acids is 1. The van der Waals surface area contributed by atoms with E-state index in [2.05, 4.69) is 31.4 Å². The van der Waals surface area contributed by atoms with Gasteiger partial charge in [-0.05, 0) is 56.0 Å². The SMILES string of the molecule is Cc1c(C(=O)Nc2ccc(C3=CCC(N4CCOCC4)CC3)nc2)cnn1-c1ccc(C(F)F)cn1. The zero-order chi connectivity index (χ0) is 25.1. The van der Waals surface area contributed by atoms with Crippen LogP contribution in [0.1, 0.15) is 53.0 Å². The molecule has 0 aromatic carbocycles. The predicted molar refractivity (Wildman–Crippen MR) is 131 cm³/mol. The number of rotatable bonds is 6. The molecule has 0 spiro atoms. The Morgan fingerprint density at radius 1 is 1.11 bits per heavy atom. The second-order valence-corrected chi connectivity index (χ2v) is 9.00. The first-order valence-electron chi connectivity index (χ1n) is 12.1. The Labute approximate surface area is 208 Å². The lowest BCUT2D eigenvalue weighted by Crippen LogP contribution is -2.43. The average molecular weight is 495 g/mol. The Morgan fingerprint density at radius 2 is 1.94 bits per heavy atom. The van der Waals surface area contributed by atoms with Crippen LogP contribution in [0.4, 0.5) is 14.5 Å². The van der Waals surface area contributed by atoms with Crippen LogP contribution in [0, 0.1) is 6.92 Å². The molecule has 1 fully saturated rings. The molecule has 1 aliphatic heterocycles. The number of halogens is 2. The number of alkyl halides is 2. The second kappa shape index (κ2) is 10.6. The van der Waals surface area contributed by atoms with Crippen LogP contribution in [-0.4, -0.2) is 62.9 Å². The number of anilines is 1. The summed E-state index contributed by atoms with van der Waals surface area (Å²) in [5.74, 6) is 0.0290. The van der Waals surface area contributed by atoms with Crippen LogP contribution in [-0.2, 0) is 4.74 Å². The zero-order valence-electron chi connectivity index (χ0n) is 20.0. The molecule has 1 saturated heterocycles. The lowest BCUT2D eigenvalue weighted by molar-refractivity contribution is 0.0150. The van der Waals surface area contributed by atoms with Gasteiger partial charge in [-0.3, -0.25) is 14.7 Å². The van der Waals surface area contributed by atoms with Gasteiger partial charge in [-0.2, -0.15) is 5.10 Å². The van der Waals surface area contributed by atoms with Gasteiger partial charge in [0.05, 0.1) is 48.2 Å². The van der Waals surface area contributed by atoms with E-state index in [1.165, 1.54) is 28.6 Å². The van der Waals surface area contributed by atoms with E-state index >= 15 is 0 Å². The molecule has 36 heavy (non-hydrogen) atoms. The Kier molecular flexibility index (Phi) is 7.15. The molecule has 4 heterocycles. The molecule has 8 nitrogen and oxygen atoms in total. The van der Waals surface area contributed by atoms with Crippen LogP contribution >= 0.6 is 0 Å². The maximum Gasteiger partial charge on any atom is 0.265 e. The van der Waals surface area contributed by atoms with Crippen LogP contribution in [0.25, 0.3) is 11.4 Å². The first-order chi connectivity index (χ1) is 17.5. The van der Waals surface area contributed by atoms with Crippen molar-refractivity contribution in [1.29, 1.82) is 0 Å². The molecular weight excluding hydrogens is 466 g/mol. The summed E-state index contributed by atoms with van der Waals surface area (Å²) in [6.45, 7) is 5.35. The van der Waals surface area contributed by atoms with Gasteiger partial charge in [-0.15, -0.1) is 0 Å². The van der Waals surface area contributed by atoms with Crippen LogP contribution < -0.4 is 5.32 Å². The number of hydrogen-bond acceptors (Lipinski definition) is 6. The highest BCUT2D eigenvalue weighted by Crippen LogP contribution is 2.29. The summed E-state index contributed by atoms with van der Waals surface area (Å²) in [6, 6.07) is 7.10. The smallest absolute Gasteiger partial charge is 0.265 e. The van der Waals surface area contributed by atoms with Gasteiger partial charge in [-0.1, -0.05) is 6.08 Å². The van der Waals surface area contributed by atoms with E-state index < -0.39 is 6.43 Å². The molecule has 3 aromatic rings. The average Bonchev–Trinajstić information content (AvgIpc) is 3.31. The van der Waals surface area contributed by atoms with E-state index in [9.17, 15) is 13.6 Å². The van der Waals surface area contributed by atoms with E-state index in [0.29, 0.717) is 28.8 Å². The summed E-state index contributed by atoms with van der Waals surface area (Å²) in [5, 5.41) is 7.07. The van der Waals surface area contributed by atoms with Crippen LogP contribution in [0.2, 0.25) is 0 Å². The van der Waals surface area contributed by atoms with Crippen molar-refractivity contribution in [2.45, 2.75) is 38.7 Å². The molecule has 2 aliphatic rings. The largest absolute Gasteiger partial charge is 0.379 e. The number of allylic oxidation sites excluding steroid dienone is 1. The summed E-state index contributed by atoms with van der Waals surface area (Å²) >= 11 is 0. The molecule has 3 aromatic heterocycles. The quantitative estimate of drug-likeness (QED) is 0.546. The number of nitrogens with zero attached hydrogens (tertiary/aromatic N) is 5. The molecule has 0 saturated carbocycles. The fourth-order valence-corrected chi connectivity index (χ4v) is 4.70. The first-order valence-corrected chi connectivity index (χ1v) is 12.1. The maximum atomic E-state index is 12.9. The molecule has 0 radical (unpaired) electrons. The van der Waals surface area contributed by atoms with Crippen LogP contribution in [0.3, 0.4) is 0 Å². The highest BCUT2D eigenvalue weighted by atomic mass is 19.3. The monoisotopic (exact) mass is 494 g/mol. The molecule has 1 unspecified atom stereocenters. The van der Waals surface area contributed by atoms with Gasteiger partial charge < -0.3 is 10.1 Å². The normalized spacial score (nSPS) is 18.8. The van der Waals surface area contributed by atoms with E-state index in [1.54, 1.807) is 13.1 Å². The lowest BCUT2D eigenvalue weighted by atomic mass is 9.92. The van der Waals surface area contributed by atoms with Crippen molar-refractivity contribution in [2.24, 2.45) is 0 Å². The minimum absolute atomic E-state index is 0.168. The van der Waals surface area contributed by atoms with Crippen LogP contribution in [0.5, 0.6) is 0 Å². The Bertz CT molecular complexity index is 1230. The topological polar surface area (TPSA) is 85.2 Å². The number of morpholine rings is 1. The molecular formula is C26H28F2N6O2. The van der Waals surface area contributed by atoms with Crippen molar-refractivity contribution in [1.82, 2.24) is 24.6 Å². The number of amides is 1. The van der Waals surface area contributed by atoms with Crippen molar-refractivity contribution in [3.8, 4) is 5.82 Å². The molecule has 1 aliphatic carbocycles. The van der Waals surface area contributed by atoms with E-state index in [0.717, 1.165) is 57.5 Å². The first kappa shape index (κ1) is 24.2. The predicted octanol–water partition coefficient (Wildman–Crippen LogP) is 4.43. The number of ether oxygens (including phenoxy) is 1. The van der Waals surface area contributed by atoms with Crippen molar-refractivity contribution >= 4 is 17.2 Å². The fraction of sp³-hybridized carbons (Fsp3) is 0.385. The van der Waals surface area contributed by atoms with E-state index in [-0.39, 0.29) is 11.5 Å². The van der Waals surface area contributed by atoms with E-state index in [4.69, 9.17) is 4.74 Å². The number of aromatic nitrogens is 4. The standard InChI is InChI=1S/C26H28F2N6O2/c1-17-22(16-31-34(17)24-9-4-19(14-30-24)25(27)28)26(35)32-20-5-8-23(29-15-20)18-2-6-21(7-3-18)33-10-12-36-13-11-33/h2,4-5,8-9,14-16,21,25H,3,6-7,10-13H2,1H3,(H,32,35). The Hall–Kier alpha value is -3.50. The molecule has 10 heteroatoms. The highest BCUT2D eigenvalue weighted by Gasteiger charge is 2.24. The Morgan fingerprint density at radius 3 is 2.58 bits per heavy atom. The van der Waals surface area contributed by atoms with Gasteiger partial charge >= 0.3 is 0 Å². The molecule has 1 N–H and O–H groups in total. The van der Waals surface area contributed by atoms with Crippen molar-refractivity contribution in [3.63, 3.8) is 0 Å². The third-order valence-electron chi connectivity index (χ3n) is 6.79. The number of hydrogen-bond donors (Lipinski definition) is 1. The highest BCUT2D eigenvalue weighted by molar-refractivity contribution is 6.04. The van der Waals surface area contributed by atoms with Gasteiger partial charge in [0.2, 0.25) is 0 Å². The lowest BCUT2D eigenvalue weighted by Gasteiger charge is -2.36. The molecule has 1 atom stereocenters. The summed E-state index contributed by atoms with van der Waals surface area (Å²) < 4.78 is 32.5. The van der Waals surface area contributed by atoms with Crippen LogP contribution in [0.15, 0.2) is 48.9 Å². The summed E-state index contributed by atoms with van der Waals surface area (Å²) in [4.78, 5) is 24.0. The van der Waals surface area contributed by atoms with Crippen molar-refractivity contribution in [3.05, 3.63) is 71.4 Å². The summed E-state index contributed by atoms with van der Waals surface area (Å²) in [7, 11) is 0. The van der Waals surface area contributed by atoms with E-state index in [1.807, 2.05) is 12.1 Å². The molecule has 1 amide bonds. The molecule has 188 valence electrons. The summed E-state index contributed by atoms with van der Waals surface area (Å²) in [5.41, 5.74) is 3.49. The van der Waals surface area contributed by atoms with Gasteiger partial charge in [0, 0.05) is 30.9 Å². The van der Waals surface area contributed by atoms with Gasteiger partial charge in [-0.25, -0.2) is 18.4 Å². The zero-order valence-corrected chi connectivity index (χ0v) is 20.0. The third-order valence-corrected chi connectivity index (χ3v) is 6.79. The summed E-state index contributed by atoms with van der Waals surface area (Å²) in [6.07, 6.45) is 6.99. The minimum Gasteiger partial charge on any atom is -0.379 e. The van der Waals surface area contributed by atoms with Crippen molar-refractivity contribution in [2.75, 3.05) is 31.6 Å². The van der Waals surface area contributed by atoms with Crippen molar-refractivity contribution < 1.29 is 18.3 Å². The third kappa shape index (κ3) is 5.19. The molecule has 5 rings (SSSR count). The van der Waals surface area contributed by atoms with Gasteiger partial charge in [0.25, 0.3) is 12.3 Å². The minimum atomic E-state index is -2.59. The fourth-order valence-electron chi connectivity index (χ4n) is 4.70. The second-order valence-electron chi connectivity index (χ2n) is 9.00. The Balaban J connectivity index is 1.22. The number of carbonyl (C=O) groups is 1. The number of pyridine rings is 2. The van der Waals surface area contributed by atoms with Gasteiger partial charge in [0.1, 0.15) is 0 Å². The maximum absolute atomic E-state index is 12.9.